The summed E-state index contributed by atoms with van der Waals surface area (Å²) in [5.74, 6) is -1.45. The number of hydrogen-bond acceptors (Lipinski definition) is 5. The Kier molecular flexibility index (Phi) is 13.0. The van der Waals surface area contributed by atoms with Gasteiger partial charge in [-0.15, -0.1) is 0 Å². The van der Waals surface area contributed by atoms with Crippen LogP contribution in [0.1, 0.15) is 89.2 Å². The maximum atomic E-state index is 13.8. The summed E-state index contributed by atoms with van der Waals surface area (Å²) in [6.45, 7) is 8.89. The molecule has 0 heterocycles. The van der Waals surface area contributed by atoms with Crippen LogP contribution in [0.15, 0.2) is 42.5 Å². The number of alkyl halides is 3. The molecule has 8 nitrogen and oxygen atoms in total. The van der Waals surface area contributed by atoms with Crippen LogP contribution in [0.3, 0.4) is 0 Å². The first-order valence-corrected chi connectivity index (χ1v) is 14.3. The number of primary amides is 1. The van der Waals surface area contributed by atoms with Gasteiger partial charge >= 0.3 is 6.18 Å². The van der Waals surface area contributed by atoms with E-state index in [1.54, 1.807) is 4.90 Å². The molecule has 0 aromatic heterocycles. The number of halogens is 3. The molecule has 0 aliphatic rings. The van der Waals surface area contributed by atoms with Crippen LogP contribution < -0.4 is 11.5 Å². The Morgan fingerprint density at radius 3 is 1.93 bits per heavy atom. The molecular weight excluding hydrogens is 549 g/mol. The summed E-state index contributed by atoms with van der Waals surface area (Å²) in [4.78, 5) is 42.3. The van der Waals surface area contributed by atoms with E-state index in [1.807, 2.05) is 27.7 Å². The van der Waals surface area contributed by atoms with Crippen LogP contribution >= 0.6 is 0 Å². The minimum atomic E-state index is -4.51. The van der Waals surface area contributed by atoms with E-state index >= 15 is 0 Å². The molecule has 0 bridgehead atoms. The summed E-state index contributed by atoms with van der Waals surface area (Å²) >= 11 is 0. The third-order valence-electron chi connectivity index (χ3n) is 6.88. The number of nitrogens with zero attached hydrogens (tertiary/aromatic N) is 2. The van der Waals surface area contributed by atoms with Crippen LogP contribution in [-0.2, 0) is 12.6 Å². The number of hydrogen-bond donors (Lipinski definition) is 3. The van der Waals surface area contributed by atoms with E-state index in [-0.39, 0.29) is 48.0 Å². The molecule has 2 aromatic carbocycles. The third kappa shape index (κ3) is 10.1. The van der Waals surface area contributed by atoms with Gasteiger partial charge in [-0.2, -0.15) is 13.2 Å². The van der Waals surface area contributed by atoms with Crippen molar-refractivity contribution in [3.05, 3.63) is 70.3 Å². The standard InChI is InChI=1S/C31H43F3N4O4/c1-5-11-37(12-6-2)29(41)23-16-22(28(36)40)17-24(18-23)30(42)38(13-10-20(3)4)19-27(39)26(35)15-21-8-7-9-25(14-21)31(32,33)34/h7-9,14,16-18,20,26-27,39H,5-6,10-13,15,19,35H2,1-4H3,(H2,36,40)/t26-,27+/m0/s1. The number of carbonyl (C=O) groups is 3. The summed E-state index contributed by atoms with van der Waals surface area (Å²) in [7, 11) is 0. The van der Waals surface area contributed by atoms with E-state index in [4.69, 9.17) is 11.5 Å². The molecule has 0 saturated carbocycles. The Balaban J connectivity index is 2.36. The second kappa shape index (κ2) is 15.7. The monoisotopic (exact) mass is 592 g/mol. The number of nitrogens with two attached hydrogens (primary N) is 2. The van der Waals surface area contributed by atoms with Gasteiger partial charge in [0.2, 0.25) is 5.91 Å². The van der Waals surface area contributed by atoms with Crippen LogP contribution in [0.2, 0.25) is 0 Å². The normalized spacial score (nSPS) is 13.1. The molecule has 232 valence electrons. The highest BCUT2D eigenvalue weighted by Gasteiger charge is 2.31. The summed E-state index contributed by atoms with van der Waals surface area (Å²) < 4.78 is 39.4. The molecule has 2 aromatic rings. The van der Waals surface area contributed by atoms with Gasteiger partial charge < -0.3 is 26.4 Å². The van der Waals surface area contributed by atoms with Gasteiger partial charge in [-0.1, -0.05) is 45.9 Å². The Morgan fingerprint density at radius 1 is 0.881 bits per heavy atom. The highest BCUT2D eigenvalue weighted by molar-refractivity contribution is 6.04. The zero-order valence-corrected chi connectivity index (χ0v) is 24.8. The van der Waals surface area contributed by atoms with Gasteiger partial charge in [-0.3, -0.25) is 14.4 Å². The topological polar surface area (TPSA) is 130 Å². The van der Waals surface area contributed by atoms with Crippen molar-refractivity contribution in [2.24, 2.45) is 17.4 Å². The zero-order valence-electron chi connectivity index (χ0n) is 24.8. The number of benzene rings is 2. The van der Waals surface area contributed by atoms with E-state index in [0.29, 0.717) is 25.1 Å². The maximum Gasteiger partial charge on any atom is 0.416 e. The lowest BCUT2D eigenvalue weighted by atomic mass is 9.99. The molecule has 0 aliphatic carbocycles. The first kappa shape index (κ1) is 34.8. The predicted octanol–water partition coefficient (Wildman–Crippen LogP) is 4.49. The predicted molar refractivity (Wildman–Crippen MR) is 156 cm³/mol. The van der Waals surface area contributed by atoms with Crippen molar-refractivity contribution in [1.82, 2.24) is 9.80 Å². The molecular formula is C31H43F3N4O4. The van der Waals surface area contributed by atoms with E-state index in [9.17, 15) is 32.7 Å². The summed E-state index contributed by atoms with van der Waals surface area (Å²) in [5, 5.41) is 10.9. The number of carbonyl (C=O) groups excluding carboxylic acids is 3. The van der Waals surface area contributed by atoms with Gasteiger partial charge in [0.05, 0.1) is 11.7 Å². The van der Waals surface area contributed by atoms with Crippen molar-refractivity contribution >= 4 is 17.7 Å². The highest BCUT2D eigenvalue weighted by Crippen LogP contribution is 2.30. The highest BCUT2D eigenvalue weighted by atomic mass is 19.4. The van der Waals surface area contributed by atoms with Crippen LogP contribution in [-0.4, -0.2) is 71.0 Å². The van der Waals surface area contributed by atoms with Crippen LogP contribution in [0.25, 0.3) is 0 Å². The number of aliphatic hydroxyl groups is 1. The zero-order chi connectivity index (χ0) is 31.6. The Hall–Kier alpha value is -3.44. The molecule has 0 saturated heterocycles. The molecule has 42 heavy (non-hydrogen) atoms. The SMILES string of the molecule is CCCN(CCC)C(=O)c1cc(C(N)=O)cc(C(=O)N(CCC(C)C)C[C@@H](O)[C@@H](N)Cc2cccc(C(F)(F)F)c2)c1. The molecule has 0 aliphatic heterocycles. The quantitative estimate of drug-likeness (QED) is 0.281. The average molecular weight is 593 g/mol. The molecule has 5 N–H and O–H groups in total. The fraction of sp³-hybridized carbons (Fsp3) is 0.516. The molecule has 0 unspecified atom stereocenters. The second-order valence-electron chi connectivity index (χ2n) is 11.0. The fourth-order valence-corrected chi connectivity index (χ4v) is 4.57. The van der Waals surface area contributed by atoms with Crippen molar-refractivity contribution in [3.8, 4) is 0 Å². The third-order valence-corrected chi connectivity index (χ3v) is 6.88. The van der Waals surface area contributed by atoms with Gasteiger partial charge in [-0.05, 0) is 61.4 Å². The summed E-state index contributed by atoms with van der Waals surface area (Å²) in [6, 6.07) is 7.88. The first-order valence-electron chi connectivity index (χ1n) is 14.3. The number of rotatable bonds is 15. The summed E-state index contributed by atoms with van der Waals surface area (Å²) in [5.41, 5.74) is 11.4. The van der Waals surface area contributed by atoms with Crippen LogP contribution in [0, 0.1) is 5.92 Å². The molecule has 0 fully saturated rings. The molecule has 0 spiro atoms. The van der Waals surface area contributed by atoms with E-state index in [2.05, 4.69) is 0 Å². The van der Waals surface area contributed by atoms with Crippen LogP contribution in [0.5, 0.6) is 0 Å². The molecule has 3 amide bonds. The lowest BCUT2D eigenvalue weighted by Crippen LogP contribution is -2.47. The van der Waals surface area contributed by atoms with Crippen molar-refractivity contribution in [1.29, 1.82) is 0 Å². The molecule has 0 radical (unpaired) electrons. The van der Waals surface area contributed by atoms with Gasteiger partial charge in [-0.25, -0.2) is 0 Å². The Labute approximate surface area is 245 Å². The van der Waals surface area contributed by atoms with E-state index in [1.165, 1.54) is 35.2 Å². The van der Waals surface area contributed by atoms with E-state index in [0.717, 1.165) is 25.0 Å². The smallest absolute Gasteiger partial charge is 0.390 e. The van der Waals surface area contributed by atoms with Crippen molar-refractivity contribution in [3.63, 3.8) is 0 Å². The minimum Gasteiger partial charge on any atom is -0.390 e. The van der Waals surface area contributed by atoms with Gasteiger partial charge in [0.25, 0.3) is 11.8 Å². The van der Waals surface area contributed by atoms with Crippen molar-refractivity contribution in [2.75, 3.05) is 26.2 Å². The van der Waals surface area contributed by atoms with Gasteiger partial charge in [0, 0.05) is 48.9 Å². The lowest BCUT2D eigenvalue weighted by molar-refractivity contribution is -0.137. The van der Waals surface area contributed by atoms with Crippen LogP contribution in [0.4, 0.5) is 13.2 Å². The van der Waals surface area contributed by atoms with Crippen molar-refractivity contribution in [2.45, 2.75) is 71.7 Å². The minimum absolute atomic E-state index is 0.00255. The largest absolute Gasteiger partial charge is 0.416 e. The number of amides is 3. The molecule has 2 atom stereocenters. The average Bonchev–Trinajstić information content (AvgIpc) is 2.93. The van der Waals surface area contributed by atoms with Gasteiger partial charge in [0.1, 0.15) is 0 Å². The Bertz CT molecular complexity index is 1210. The van der Waals surface area contributed by atoms with E-state index < -0.39 is 35.7 Å². The fourth-order valence-electron chi connectivity index (χ4n) is 4.57. The van der Waals surface area contributed by atoms with Gasteiger partial charge in [0.15, 0.2) is 0 Å². The Morgan fingerprint density at radius 2 is 1.43 bits per heavy atom. The molecule has 11 heteroatoms. The summed E-state index contributed by atoms with van der Waals surface area (Å²) in [6.07, 6.45) is -3.77. The number of aliphatic hydroxyl groups excluding tert-OH is 1. The first-order chi connectivity index (χ1) is 19.7. The lowest BCUT2D eigenvalue weighted by Gasteiger charge is -2.29. The second-order valence-corrected chi connectivity index (χ2v) is 11.0. The maximum absolute atomic E-state index is 13.8. The van der Waals surface area contributed by atoms with Crippen molar-refractivity contribution < 1.29 is 32.7 Å². The molecule has 2 rings (SSSR count).